The Balaban J connectivity index is 4.41. The van der Waals surface area contributed by atoms with Crippen LogP contribution in [-0.2, 0) is 28.6 Å². The lowest BCUT2D eigenvalue weighted by molar-refractivity contribution is -0.167. The van der Waals surface area contributed by atoms with Crippen LogP contribution in [0.25, 0.3) is 0 Å². The SMILES string of the molecule is CC/C=C\C/C=C\C/C=C\C/C=C\C/C=C\CCCCCCCC(=O)OCC(COC(=O)CCCCCCCCCCCCC)OC(=O)CCCCCCC/C=C\C/C=C\C/C=C\CC. The predicted octanol–water partition coefficient (Wildman–Crippen LogP) is 17.8. The number of unbranched alkanes of at least 4 members (excludes halogenated alkanes) is 20. The van der Waals surface area contributed by atoms with Crippen molar-refractivity contribution in [2.75, 3.05) is 13.2 Å². The minimum absolute atomic E-state index is 0.0903. The number of carbonyl (C=O) groups excluding carboxylic acids is 3. The van der Waals surface area contributed by atoms with Crippen LogP contribution in [0.4, 0.5) is 0 Å². The highest BCUT2D eigenvalue weighted by atomic mass is 16.6. The zero-order valence-electron chi connectivity index (χ0n) is 42.2. The van der Waals surface area contributed by atoms with E-state index < -0.39 is 6.10 Å². The molecule has 0 heterocycles. The van der Waals surface area contributed by atoms with Crippen molar-refractivity contribution < 1.29 is 28.6 Å². The Hall–Kier alpha value is -3.67. The van der Waals surface area contributed by atoms with E-state index in [4.69, 9.17) is 14.2 Å². The van der Waals surface area contributed by atoms with Gasteiger partial charge < -0.3 is 14.2 Å². The molecule has 0 saturated heterocycles. The first-order chi connectivity index (χ1) is 32.0. The number of allylic oxidation sites excluding steroid dienone is 16. The molecule has 0 aromatic rings. The molecule has 0 bridgehead atoms. The van der Waals surface area contributed by atoms with Crippen molar-refractivity contribution in [3.05, 3.63) is 97.2 Å². The van der Waals surface area contributed by atoms with Gasteiger partial charge in [-0.1, -0.05) is 221 Å². The molecule has 1 unspecified atom stereocenters. The first-order valence-electron chi connectivity index (χ1n) is 26.7. The van der Waals surface area contributed by atoms with Gasteiger partial charge in [-0.05, 0) is 96.3 Å². The van der Waals surface area contributed by atoms with E-state index in [0.717, 1.165) is 148 Å². The van der Waals surface area contributed by atoms with Gasteiger partial charge in [0.25, 0.3) is 0 Å². The van der Waals surface area contributed by atoms with E-state index in [1.807, 2.05) is 0 Å². The molecule has 0 spiro atoms. The van der Waals surface area contributed by atoms with Crippen LogP contribution in [0.3, 0.4) is 0 Å². The molecule has 0 radical (unpaired) electrons. The first kappa shape index (κ1) is 61.3. The normalized spacial score (nSPS) is 12.8. The van der Waals surface area contributed by atoms with E-state index in [1.54, 1.807) is 0 Å². The summed E-state index contributed by atoms with van der Waals surface area (Å²) in [6, 6.07) is 0. The summed E-state index contributed by atoms with van der Waals surface area (Å²) in [6.45, 7) is 6.37. The molecule has 0 aromatic heterocycles. The quantitative estimate of drug-likeness (QED) is 0.0262. The molecule has 0 aromatic carbocycles. The maximum absolute atomic E-state index is 12.8. The minimum Gasteiger partial charge on any atom is -0.462 e. The molecule has 6 heteroatoms. The Kier molecular flexibility index (Phi) is 50.0. The van der Waals surface area contributed by atoms with Crippen LogP contribution < -0.4 is 0 Å². The van der Waals surface area contributed by atoms with Gasteiger partial charge in [-0.3, -0.25) is 14.4 Å². The average Bonchev–Trinajstić information content (AvgIpc) is 3.30. The third kappa shape index (κ3) is 51.2. The van der Waals surface area contributed by atoms with E-state index in [9.17, 15) is 14.4 Å². The predicted molar refractivity (Wildman–Crippen MR) is 279 cm³/mol. The summed E-state index contributed by atoms with van der Waals surface area (Å²) in [5.74, 6) is -0.928. The largest absolute Gasteiger partial charge is 0.462 e. The van der Waals surface area contributed by atoms with Gasteiger partial charge >= 0.3 is 17.9 Å². The molecule has 370 valence electrons. The van der Waals surface area contributed by atoms with E-state index in [2.05, 4.69) is 118 Å². The summed E-state index contributed by atoms with van der Waals surface area (Å²) in [5.41, 5.74) is 0. The maximum atomic E-state index is 12.8. The van der Waals surface area contributed by atoms with Gasteiger partial charge in [-0.25, -0.2) is 0 Å². The zero-order chi connectivity index (χ0) is 47.2. The topological polar surface area (TPSA) is 78.9 Å². The molecule has 6 nitrogen and oxygen atoms in total. The number of hydrogen-bond acceptors (Lipinski definition) is 6. The Morgan fingerprint density at radius 3 is 0.938 bits per heavy atom. The summed E-state index contributed by atoms with van der Waals surface area (Å²) >= 11 is 0. The monoisotopic (exact) mass is 903 g/mol. The Morgan fingerprint density at radius 2 is 0.600 bits per heavy atom. The van der Waals surface area contributed by atoms with Crippen LogP contribution >= 0.6 is 0 Å². The lowest BCUT2D eigenvalue weighted by atomic mass is 10.1. The van der Waals surface area contributed by atoms with Gasteiger partial charge in [0, 0.05) is 19.3 Å². The smallest absolute Gasteiger partial charge is 0.306 e. The maximum Gasteiger partial charge on any atom is 0.306 e. The molecule has 0 aliphatic rings. The first-order valence-corrected chi connectivity index (χ1v) is 26.7. The lowest BCUT2D eigenvalue weighted by Gasteiger charge is -2.18. The molecule has 1 atom stereocenters. The van der Waals surface area contributed by atoms with E-state index in [-0.39, 0.29) is 31.1 Å². The van der Waals surface area contributed by atoms with Gasteiger partial charge in [0.15, 0.2) is 6.10 Å². The van der Waals surface area contributed by atoms with Crippen LogP contribution in [-0.4, -0.2) is 37.2 Å². The van der Waals surface area contributed by atoms with Crippen LogP contribution in [0, 0.1) is 0 Å². The number of ether oxygens (including phenoxy) is 3. The fraction of sp³-hybridized carbons (Fsp3) is 0.678. The molecule has 0 aliphatic carbocycles. The third-order valence-corrected chi connectivity index (χ3v) is 11.1. The number of carbonyl (C=O) groups is 3. The second-order valence-electron chi connectivity index (χ2n) is 17.4. The van der Waals surface area contributed by atoms with Crippen molar-refractivity contribution >= 4 is 17.9 Å². The Morgan fingerprint density at radius 1 is 0.323 bits per heavy atom. The fourth-order valence-corrected chi connectivity index (χ4v) is 7.13. The van der Waals surface area contributed by atoms with Crippen LogP contribution in [0.2, 0.25) is 0 Å². The van der Waals surface area contributed by atoms with E-state index in [1.165, 1.54) is 51.4 Å². The summed E-state index contributed by atoms with van der Waals surface area (Å²) in [6.07, 6.45) is 69.6. The van der Waals surface area contributed by atoms with Crippen LogP contribution in [0.15, 0.2) is 97.2 Å². The lowest BCUT2D eigenvalue weighted by Crippen LogP contribution is -2.30. The van der Waals surface area contributed by atoms with Gasteiger partial charge in [-0.2, -0.15) is 0 Å². The average molecular weight is 903 g/mol. The van der Waals surface area contributed by atoms with Crippen molar-refractivity contribution in [2.24, 2.45) is 0 Å². The Labute approximate surface area is 400 Å². The molecular formula is C59H98O6. The van der Waals surface area contributed by atoms with Crippen LogP contribution in [0.5, 0.6) is 0 Å². The molecular weight excluding hydrogens is 805 g/mol. The summed E-state index contributed by atoms with van der Waals surface area (Å²) in [7, 11) is 0. The van der Waals surface area contributed by atoms with Crippen LogP contribution in [0.1, 0.15) is 239 Å². The Bertz CT molecular complexity index is 1310. The second-order valence-corrected chi connectivity index (χ2v) is 17.4. The number of rotatable bonds is 47. The van der Waals surface area contributed by atoms with Gasteiger partial charge in [0.2, 0.25) is 0 Å². The number of hydrogen-bond donors (Lipinski definition) is 0. The van der Waals surface area contributed by atoms with Crippen molar-refractivity contribution in [3.63, 3.8) is 0 Å². The molecule has 0 aliphatic heterocycles. The van der Waals surface area contributed by atoms with Gasteiger partial charge in [0.1, 0.15) is 13.2 Å². The third-order valence-electron chi connectivity index (χ3n) is 11.1. The second kappa shape index (κ2) is 52.9. The number of esters is 3. The van der Waals surface area contributed by atoms with Crippen molar-refractivity contribution in [2.45, 2.75) is 245 Å². The standard InChI is InChI=1S/C59H98O6/c1-4-7-10-13-16-19-22-24-26-27-28-29-30-31-33-34-37-40-43-46-49-52-58(61)64-55-56(54-63-57(60)51-48-45-42-39-36-21-18-15-12-9-6-3)65-59(62)53-50-47-44-41-38-35-32-25-23-20-17-14-11-8-5-2/h7-8,10-11,16-17,19-20,24-26,28-29,31-33,56H,4-6,9,12-15,18,21-23,27,30,34-55H2,1-3H3/b10-7-,11-8-,19-16-,20-17-,26-24-,29-28-,32-25-,33-31-. The summed E-state index contributed by atoms with van der Waals surface area (Å²) < 4.78 is 16.8. The van der Waals surface area contributed by atoms with E-state index >= 15 is 0 Å². The highest BCUT2D eigenvalue weighted by Crippen LogP contribution is 2.14. The summed E-state index contributed by atoms with van der Waals surface area (Å²) in [5, 5.41) is 0. The highest BCUT2D eigenvalue weighted by molar-refractivity contribution is 5.71. The van der Waals surface area contributed by atoms with E-state index in [0.29, 0.717) is 19.3 Å². The van der Waals surface area contributed by atoms with Crippen molar-refractivity contribution in [3.8, 4) is 0 Å². The van der Waals surface area contributed by atoms with Crippen molar-refractivity contribution in [1.29, 1.82) is 0 Å². The summed E-state index contributed by atoms with van der Waals surface area (Å²) in [4.78, 5) is 38.0. The molecule has 65 heavy (non-hydrogen) atoms. The fourth-order valence-electron chi connectivity index (χ4n) is 7.13. The molecule has 0 N–H and O–H groups in total. The minimum atomic E-state index is -0.793. The zero-order valence-corrected chi connectivity index (χ0v) is 42.2. The molecule has 0 rings (SSSR count). The molecule has 0 fully saturated rings. The van der Waals surface area contributed by atoms with Gasteiger partial charge in [0.05, 0.1) is 0 Å². The highest BCUT2D eigenvalue weighted by Gasteiger charge is 2.19. The molecule has 0 amide bonds. The van der Waals surface area contributed by atoms with Gasteiger partial charge in [-0.15, -0.1) is 0 Å². The molecule has 0 saturated carbocycles. The van der Waals surface area contributed by atoms with Crippen molar-refractivity contribution in [1.82, 2.24) is 0 Å².